The van der Waals surface area contributed by atoms with Crippen LogP contribution in [0.15, 0.2) is 44.5 Å². The van der Waals surface area contributed by atoms with E-state index in [4.69, 9.17) is 0 Å². The number of Topliss-reactive ketones (excluding diaryl/α,β-unsaturated/α-hetero) is 1. The Bertz CT molecular complexity index is 1130. The van der Waals surface area contributed by atoms with Crippen LogP contribution in [0.5, 0.6) is 0 Å². The summed E-state index contributed by atoms with van der Waals surface area (Å²) in [5.41, 5.74) is 0.951. The number of carbonyl (C=O) groups excluding carboxylic acids is 1. The zero-order chi connectivity index (χ0) is 23.8. The van der Waals surface area contributed by atoms with Crippen molar-refractivity contribution in [3.8, 4) is 0 Å². The van der Waals surface area contributed by atoms with Gasteiger partial charge >= 0.3 is 0 Å². The molecule has 0 atom stereocenters. The Hall–Kier alpha value is -2.17. The summed E-state index contributed by atoms with van der Waals surface area (Å²) in [6.45, 7) is 3.81. The molecule has 2 aromatic rings. The first-order valence-corrected chi connectivity index (χ1v) is 13.6. The fraction of sp³-hybridized carbons (Fsp3) is 0.417. The van der Waals surface area contributed by atoms with E-state index in [1.807, 2.05) is 18.2 Å². The molecule has 7 nitrogen and oxygen atoms in total. The van der Waals surface area contributed by atoms with Crippen molar-refractivity contribution in [3.63, 3.8) is 0 Å². The molecule has 1 aromatic heterocycles. The molecule has 0 amide bonds. The number of nitrogens with one attached hydrogen (secondary N) is 1. The van der Waals surface area contributed by atoms with Crippen LogP contribution in [0.2, 0.25) is 0 Å². The molecule has 1 aromatic carbocycles. The third-order valence-electron chi connectivity index (χ3n) is 6.46. The molecule has 0 unspecified atom stereocenters. The van der Waals surface area contributed by atoms with Crippen molar-refractivity contribution in [2.75, 3.05) is 5.32 Å². The molecule has 2 heterocycles. The molecule has 178 valence electrons. The standard InChI is InChI=1S/C24H30N2O5S2/c1-3-5-11-24(12-6-4-2)17-10-8-7-9-16(17)19(28)18(21(24)29)22-25-23-20(33(30,31)26-22)15(13-27)14-32-23/h7-10,14,27-28,30-31H,3-6,11-13H2,1-2H3,(H,25,26). The van der Waals surface area contributed by atoms with E-state index in [0.717, 1.165) is 31.2 Å². The number of amidine groups is 1. The number of thiophene rings is 1. The first kappa shape index (κ1) is 24.0. The van der Waals surface area contributed by atoms with Gasteiger partial charge in [-0.3, -0.25) is 13.9 Å². The van der Waals surface area contributed by atoms with Gasteiger partial charge in [0.25, 0.3) is 0 Å². The number of anilines is 1. The second-order valence-corrected chi connectivity index (χ2v) is 11.1. The van der Waals surface area contributed by atoms with Gasteiger partial charge in [0, 0.05) is 16.5 Å². The van der Waals surface area contributed by atoms with Gasteiger partial charge in [-0.05, 0) is 18.4 Å². The van der Waals surface area contributed by atoms with E-state index < -0.39 is 16.2 Å². The normalized spacial score (nSPS) is 19.4. The lowest BCUT2D eigenvalue weighted by atomic mass is 9.63. The molecule has 0 fully saturated rings. The third kappa shape index (κ3) is 3.91. The lowest BCUT2D eigenvalue weighted by Crippen LogP contribution is -2.44. The number of hydrogen-bond acceptors (Lipinski definition) is 8. The van der Waals surface area contributed by atoms with Gasteiger partial charge in [0.1, 0.15) is 21.2 Å². The molecular formula is C24H30N2O5S2. The Balaban J connectivity index is 1.90. The monoisotopic (exact) mass is 490 g/mol. The number of carbonyl (C=O) groups is 1. The summed E-state index contributed by atoms with van der Waals surface area (Å²) in [5.74, 6) is -0.490. The summed E-state index contributed by atoms with van der Waals surface area (Å²) in [6, 6.07) is 7.42. The molecule has 0 saturated heterocycles. The number of aliphatic hydroxyl groups excluding tert-OH is 2. The number of unbranched alkanes of at least 4 members (excludes halogenated alkanes) is 2. The van der Waals surface area contributed by atoms with Crippen molar-refractivity contribution >= 4 is 44.5 Å². The minimum Gasteiger partial charge on any atom is -0.506 e. The van der Waals surface area contributed by atoms with Crippen molar-refractivity contribution in [3.05, 3.63) is 51.9 Å². The maximum absolute atomic E-state index is 14.2. The summed E-state index contributed by atoms with van der Waals surface area (Å²) in [5, 5.41) is 25.9. The molecule has 33 heavy (non-hydrogen) atoms. The predicted octanol–water partition coefficient (Wildman–Crippen LogP) is 6.26. The van der Waals surface area contributed by atoms with Gasteiger partial charge in [0.15, 0.2) is 11.6 Å². The first-order chi connectivity index (χ1) is 15.8. The van der Waals surface area contributed by atoms with Gasteiger partial charge in [-0.25, -0.2) is 0 Å². The van der Waals surface area contributed by atoms with E-state index in [0.29, 0.717) is 29.0 Å². The summed E-state index contributed by atoms with van der Waals surface area (Å²) >= 11 is 1.20. The van der Waals surface area contributed by atoms with Crippen molar-refractivity contribution < 1.29 is 24.1 Å². The minimum atomic E-state index is -3.66. The van der Waals surface area contributed by atoms with Crippen LogP contribution in [0.3, 0.4) is 0 Å². The average Bonchev–Trinajstić information content (AvgIpc) is 3.23. The van der Waals surface area contributed by atoms with Crippen LogP contribution in [0, 0.1) is 0 Å². The second-order valence-electron chi connectivity index (χ2n) is 8.55. The Morgan fingerprint density at radius 3 is 2.42 bits per heavy atom. The molecule has 0 spiro atoms. The number of rotatable bonds is 8. The SMILES string of the molecule is CCCCC1(CCCC)C(=O)C(C2=NS(O)(O)c3c(CO)csc3N2)=C(O)c2ccccc21. The Kier molecular flexibility index (Phi) is 6.70. The molecule has 9 heteroatoms. The molecule has 0 radical (unpaired) electrons. The van der Waals surface area contributed by atoms with Crippen LogP contribution < -0.4 is 5.32 Å². The quantitative estimate of drug-likeness (QED) is 0.298. The highest BCUT2D eigenvalue weighted by molar-refractivity contribution is 8.23. The van der Waals surface area contributed by atoms with Crippen molar-refractivity contribution in [1.82, 2.24) is 0 Å². The summed E-state index contributed by atoms with van der Waals surface area (Å²) in [6.07, 6.45) is 4.83. The topological polar surface area (TPSA) is 122 Å². The smallest absolute Gasteiger partial charge is 0.180 e. The van der Waals surface area contributed by atoms with Crippen LogP contribution in [0.25, 0.3) is 5.76 Å². The molecular weight excluding hydrogens is 460 g/mol. The van der Waals surface area contributed by atoms with Gasteiger partial charge in [-0.15, -0.1) is 15.7 Å². The van der Waals surface area contributed by atoms with E-state index in [2.05, 4.69) is 23.6 Å². The molecule has 5 N–H and O–H groups in total. The third-order valence-corrected chi connectivity index (χ3v) is 8.98. The Labute approximate surface area is 199 Å². The highest BCUT2D eigenvalue weighted by Crippen LogP contribution is 2.59. The lowest BCUT2D eigenvalue weighted by Gasteiger charge is -2.40. The molecule has 4 rings (SSSR count). The molecule has 1 aliphatic carbocycles. The first-order valence-electron chi connectivity index (χ1n) is 11.3. The number of aliphatic hydroxyl groups is 2. The van der Waals surface area contributed by atoms with Crippen LogP contribution in [0.1, 0.15) is 69.1 Å². The van der Waals surface area contributed by atoms with Crippen LogP contribution in [0.4, 0.5) is 5.00 Å². The predicted molar refractivity (Wildman–Crippen MR) is 134 cm³/mol. The Morgan fingerprint density at radius 2 is 1.79 bits per heavy atom. The van der Waals surface area contributed by atoms with Gasteiger partial charge in [0.05, 0.1) is 12.0 Å². The molecule has 0 saturated carbocycles. The summed E-state index contributed by atoms with van der Waals surface area (Å²) in [7, 11) is -3.66. The van der Waals surface area contributed by atoms with Crippen LogP contribution in [-0.2, 0) is 16.8 Å². The average molecular weight is 491 g/mol. The number of nitrogens with zero attached hydrogens (tertiary/aromatic N) is 1. The minimum absolute atomic E-state index is 0.00882. The lowest BCUT2D eigenvalue weighted by molar-refractivity contribution is -0.121. The highest BCUT2D eigenvalue weighted by atomic mass is 32.3. The summed E-state index contributed by atoms with van der Waals surface area (Å²) < 4.78 is 25.7. The molecule has 2 aliphatic rings. The van der Waals surface area contributed by atoms with E-state index in [9.17, 15) is 24.1 Å². The number of fused-ring (bicyclic) bond motifs is 2. The zero-order valence-corrected chi connectivity index (χ0v) is 20.4. The maximum atomic E-state index is 14.2. The maximum Gasteiger partial charge on any atom is 0.180 e. The number of ketones is 1. The second kappa shape index (κ2) is 9.23. The molecule has 0 bridgehead atoms. The van der Waals surface area contributed by atoms with Crippen molar-refractivity contribution in [2.45, 2.75) is 69.3 Å². The number of benzene rings is 1. The Morgan fingerprint density at radius 1 is 1.12 bits per heavy atom. The van der Waals surface area contributed by atoms with Gasteiger partial charge < -0.3 is 15.5 Å². The highest BCUT2D eigenvalue weighted by Gasteiger charge is 2.49. The van der Waals surface area contributed by atoms with Gasteiger partial charge in [0.2, 0.25) is 0 Å². The van der Waals surface area contributed by atoms with E-state index in [1.165, 1.54) is 11.3 Å². The van der Waals surface area contributed by atoms with E-state index in [1.54, 1.807) is 11.4 Å². The zero-order valence-electron chi connectivity index (χ0n) is 18.8. The van der Waals surface area contributed by atoms with Crippen molar-refractivity contribution in [2.24, 2.45) is 4.40 Å². The molecule has 1 aliphatic heterocycles. The van der Waals surface area contributed by atoms with Crippen LogP contribution in [-0.4, -0.2) is 30.9 Å². The van der Waals surface area contributed by atoms with E-state index >= 15 is 0 Å². The number of hydrogen-bond donors (Lipinski definition) is 5. The van der Waals surface area contributed by atoms with Crippen LogP contribution >= 0.6 is 22.1 Å². The largest absolute Gasteiger partial charge is 0.506 e. The fourth-order valence-electron chi connectivity index (χ4n) is 4.80. The van der Waals surface area contributed by atoms with Gasteiger partial charge in [-0.1, -0.05) is 74.6 Å². The fourth-order valence-corrected chi connectivity index (χ4v) is 7.46. The van der Waals surface area contributed by atoms with Gasteiger partial charge in [-0.2, -0.15) is 0 Å². The van der Waals surface area contributed by atoms with E-state index in [-0.39, 0.29) is 34.5 Å². The summed E-state index contributed by atoms with van der Waals surface area (Å²) in [4.78, 5) is 14.3. The van der Waals surface area contributed by atoms with Crippen molar-refractivity contribution in [1.29, 1.82) is 0 Å².